The van der Waals surface area contributed by atoms with Gasteiger partial charge in [0.05, 0.1) is 17.5 Å². The number of halogens is 3. The second kappa shape index (κ2) is 6.47. The van der Waals surface area contributed by atoms with E-state index in [0.29, 0.717) is 11.9 Å². The number of nitrogens with zero attached hydrogens (tertiary/aromatic N) is 4. The van der Waals surface area contributed by atoms with Gasteiger partial charge in [0, 0.05) is 30.7 Å². The number of anilines is 2. The van der Waals surface area contributed by atoms with Crippen molar-refractivity contribution in [3.8, 4) is 11.3 Å². The van der Waals surface area contributed by atoms with Gasteiger partial charge in [-0.2, -0.15) is 18.3 Å². The highest BCUT2D eigenvalue weighted by Gasteiger charge is 2.35. The number of aromatic nitrogens is 4. The molecule has 2 heterocycles. The molecule has 0 unspecified atom stereocenters. The molecular weight excluding hydrogens is 351 g/mol. The average Bonchev–Trinajstić information content (AvgIpc) is 3.01. The third-order valence-corrected chi connectivity index (χ3v) is 3.46. The zero-order valence-corrected chi connectivity index (χ0v) is 13.3. The second-order valence-corrected chi connectivity index (χ2v) is 5.36. The fraction of sp³-hybridized carbons (Fsp3) is 0.125. The van der Waals surface area contributed by atoms with Gasteiger partial charge in [-0.3, -0.25) is 4.68 Å². The van der Waals surface area contributed by atoms with Crippen molar-refractivity contribution in [1.82, 2.24) is 19.7 Å². The van der Waals surface area contributed by atoms with Crippen LogP contribution in [0.3, 0.4) is 0 Å². The van der Waals surface area contributed by atoms with E-state index in [2.05, 4.69) is 20.4 Å². The van der Waals surface area contributed by atoms with Gasteiger partial charge in [-0.15, -0.1) is 0 Å². The molecule has 0 aliphatic rings. The maximum Gasteiger partial charge on any atom is 0.419 e. The zero-order valence-electron chi connectivity index (χ0n) is 13.3. The molecular formula is C16H12F3N5O2. The largest absolute Gasteiger partial charge is 0.478 e. The fourth-order valence-electron chi connectivity index (χ4n) is 2.24. The lowest BCUT2D eigenvalue weighted by molar-refractivity contribution is -0.137. The van der Waals surface area contributed by atoms with Crippen LogP contribution in [-0.4, -0.2) is 30.8 Å². The van der Waals surface area contributed by atoms with Crippen molar-refractivity contribution in [2.45, 2.75) is 6.18 Å². The first-order valence-electron chi connectivity index (χ1n) is 7.27. The molecule has 0 fully saturated rings. The smallest absolute Gasteiger partial charge is 0.419 e. The lowest BCUT2D eigenvalue weighted by atomic mass is 10.1. The zero-order chi connectivity index (χ0) is 18.9. The minimum Gasteiger partial charge on any atom is -0.478 e. The van der Waals surface area contributed by atoms with Gasteiger partial charge in [0.15, 0.2) is 0 Å². The minimum absolute atomic E-state index is 0.0556. The third kappa shape index (κ3) is 3.63. The maximum atomic E-state index is 13.2. The molecule has 134 valence electrons. The molecule has 7 nitrogen and oxygen atoms in total. The Labute approximate surface area is 145 Å². The number of aromatic carboxylic acids is 1. The summed E-state index contributed by atoms with van der Waals surface area (Å²) in [5.41, 5.74) is -0.555. The summed E-state index contributed by atoms with van der Waals surface area (Å²) in [6.45, 7) is 0. The Kier molecular flexibility index (Phi) is 4.33. The Morgan fingerprint density at radius 1 is 1.19 bits per heavy atom. The summed E-state index contributed by atoms with van der Waals surface area (Å²) in [6.07, 6.45) is -1.22. The minimum atomic E-state index is -4.62. The number of rotatable bonds is 4. The molecule has 0 atom stereocenters. The molecule has 0 bridgehead atoms. The first kappa shape index (κ1) is 17.4. The topological polar surface area (TPSA) is 92.9 Å². The van der Waals surface area contributed by atoms with Crippen molar-refractivity contribution in [2.75, 3.05) is 5.32 Å². The van der Waals surface area contributed by atoms with Crippen molar-refractivity contribution >= 4 is 17.6 Å². The maximum absolute atomic E-state index is 13.2. The van der Waals surface area contributed by atoms with E-state index in [9.17, 15) is 18.0 Å². The Hall–Kier alpha value is -3.43. The number of hydrogen-bond donors (Lipinski definition) is 2. The van der Waals surface area contributed by atoms with Crippen LogP contribution in [0.25, 0.3) is 11.3 Å². The van der Waals surface area contributed by atoms with Crippen LogP contribution in [-0.2, 0) is 13.2 Å². The van der Waals surface area contributed by atoms with E-state index in [1.54, 1.807) is 7.05 Å². The molecule has 3 aromatic rings. The molecule has 1 aromatic carbocycles. The van der Waals surface area contributed by atoms with Crippen LogP contribution < -0.4 is 5.32 Å². The molecule has 0 amide bonds. The Bertz CT molecular complexity index is 951. The average molecular weight is 363 g/mol. The summed E-state index contributed by atoms with van der Waals surface area (Å²) in [5, 5.41) is 15.5. The summed E-state index contributed by atoms with van der Waals surface area (Å²) in [4.78, 5) is 18.5. The SMILES string of the molecule is Cn1cc(-c2nc(Nc3ccc(C(=O)O)cc3)ncc2C(F)(F)F)cn1. The van der Waals surface area contributed by atoms with Gasteiger partial charge in [-0.1, -0.05) is 0 Å². The standard InChI is InChI=1S/C16H12F3N5O2/c1-24-8-10(6-21-24)13-12(16(17,18)19)7-20-15(23-13)22-11-4-2-9(3-5-11)14(25)26/h2-8H,1H3,(H,25,26)(H,20,22,23). The molecule has 0 saturated heterocycles. The first-order valence-corrected chi connectivity index (χ1v) is 7.27. The highest BCUT2D eigenvalue weighted by atomic mass is 19.4. The molecule has 0 aliphatic heterocycles. The predicted molar refractivity (Wildman–Crippen MR) is 85.9 cm³/mol. The molecule has 2 N–H and O–H groups in total. The number of nitrogens with one attached hydrogen (secondary N) is 1. The molecule has 2 aromatic heterocycles. The van der Waals surface area contributed by atoms with Crippen LogP contribution in [0.2, 0.25) is 0 Å². The molecule has 10 heteroatoms. The monoisotopic (exact) mass is 363 g/mol. The molecule has 0 aliphatic carbocycles. The van der Waals surface area contributed by atoms with Crippen LogP contribution in [0.15, 0.2) is 42.9 Å². The van der Waals surface area contributed by atoms with Gasteiger partial charge >= 0.3 is 12.1 Å². The van der Waals surface area contributed by atoms with Gasteiger partial charge in [-0.25, -0.2) is 14.8 Å². The van der Waals surface area contributed by atoms with Crippen LogP contribution in [0.4, 0.5) is 24.8 Å². The summed E-state index contributed by atoms with van der Waals surface area (Å²) in [5.74, 6) is -1.14. The van der Waals surface area contributed by atoms with Crippen molar-refractivity contribution in [3.05, 3.63) is 54.0 Å². The lowest BCUT2D eigenvalue weighted by Gasteiger charge is -2.12. The van der Waals surface area contributed by atoms with Crippen molar-refractivity contribution in [3.63, 3.8) is 0 Å². The van der Waals surface area contributed by atoms with Crippen molar-refractivity contribution in [1.29, 1.82) is 0 Å². The number of carbonyl (C=O) groups is 1. The van der Waals surface area contributed by atoms with E-state index >= 15 is 0 Å². The van der Waals surface area contributed by atoms with Gasteiger partial charge in [0.2, 0.25) is 5.95 Å². The van der Waals surface area contributed by atoms with E-state index in [4.69, 9.17) is 5.11 Å². The van der Waals surface area contributed by atoms with Gasteiger partial charge in [0.25, 0.3) is 0 Å². The summed E-state index contributed by atoms with van der Waals surface area (Å²) in [6, 6.07) is 5.65. The predicted octanol–water partition coefficient (Wildman–Crippen LogP) is 3.34. The molecule has 0 spiro atoms. The third-order valence-electron chi connectivity index (χ3n) is 3.46. The van der Waals surface area contributed by atoms with Crippen LogP contribution in [0, 0.1) is 0 Å². The Balaban J connectivity index is 1.97. The fourth-order valence-corrected chi connectivity index (χ4v) is 2.24. The number of hydrogen-bond acceptors (Lipinski definition) is 5. The van der Waals surface area contributed by atoms with E-state index < -0.39 is 17.7 Å². The number of benzene rings is 1. The number of carboxylic acids is 1. The Morgan fingerprint density at radius 2 is 1.88 bits per heavy atom. The van der Waals surface area contributed by atoms with Crippen LogP contribution >= 0.6 is 0 Å². The molecule has 26 heavy (non-hydrogen) atoms. The number of alkyl halides is 3. The van der Waals surface area contributed by atoms with E-state index in [1.165, 1.54) is 41.3 Å². The first-order chi connectivity index (χ1) is 12.2. The summed E-state index contributed by atoms with van der Waals surface area (Å²) < 4.78 is 41.1. The molecule has 0 saturated carbocycles. The van der Waals surface area contributed by atoms with Gasteiger partial charge < -0.3 is 10.4 Å². The van der Waals surface area contributed by atoms with E-state index in [1.807, 2.05) is 0 Å². The van der Waals surface area contributed by atoms with Crippen molar-refractivity contribution < 1.29 is 23.1 Å². The molecule has 0 radical (unpaired) electrons. The highest BCUT2D eigenvalue weighted by molar-refractivity contribution is 5.88. The summed E-state index contributed by atoms with van der Waals surface area (Å²) >= 11 is 0. The van der Waals surface area contributed by atoms with E-state index in [0.717, 1.165) is 0 Å². The van der Waals surface area contributed by atoms with Gasteiger partial charge in [-0.05, 0) is 24.3 Å². The number of aryl methyl sites for hydroxylation is 1. The summed E-state index contributed by atoms with van der Waals surface area (Å²) in [7, 11) is 1.58. The molecule has 3 rings (SSSR count). The van der Waals surface area contributed by atoms with Crippen LogP contribution in [0.5, 0.6) is 0 Å². The highest BCUT2D eigenvalue weighted by Crippen LogP contribution is 2.36. The lowest BCUT2D eigenvalue weighted by Crippen LogP contribution is -2.11. The van der Waals surface area contributed by atoms with Crippen LogP contribution in [0.1, 0.15) is 15.9 Å². The second-order valence-electron chi connectivity index (χ2n) is 5.36. The Morgan fingerprint density at radius 3 is 2.42 bits per heavy atom. The quantitative estimate of drug-likeness (QED) is 0.739. The van der Waals surface area contributed by atoms with Gasteiger partial charge in [0.1, 0.15) is 5.56 Å². The van der Waals surface area contributed by atoms with Crippen molar-refractivity contribution in [2.24, 2.45) is 7.05 Å². The van der Waals surface area contributed by atoms with E-state index in [-0.39, 0.29) is 22.8 Å². The number of carboxylic acid groups (broad SMARTS) is 1. The normalized spacial score (nSPS) is 11.4.